The number of hydrogen-bond donors (Lipinski definition) is 0. The smallest absolute Gasteiger partial charge is 0.261 e. The third kappa shape index (κ3) is 6.16. The molecule has 5 heteroatoms. The third-order valence-electron chi connectivity index (χ3n) is 6.82. The molecule has 0 aliphatic carbocycles. The van der Waals surface area contributed by atoms with E-state index in [0.29, 0.717) is 19.8 Å². The highest BCUT2D eigenvalue weighted by molar-refractivity contribution is 6.99. The summed E-state index contributed by atoms with van der Waals surface area (Å²) < 4.78 is 25.8. The van der Waals surface area contributed by atoms with Gasteiger partial charge in [0.15, 0.2) is 5.79 Å². The van der Waals surface area contributed by atoms with Gasteiger partial charge >= 0.3 is 0 Å². The van der Waals surface area contributed by atoms with Gasteiger partial charge in [-0.15, -0.1) is 0 Å². The van der Waals surface area contributed by atoms with Crippen LogP contribution in [-0.2, 0) is 25.2 Å². The Bertz CT molecular complexity index is 1020. The minimum atomic E-state index is -2.64. The summed E-state index contributed by atoms with van der Waals surface area (Å²) in [6, 6.07) is 31.7. The maximum atomic E-state index is 7.14. The van der Waals surface area contributed by atoms with Crippen molar-refractivity contribution in [1.29, 1.82) is 0 Å². The Hall–Kier alpha value is -2.28. The molecule has 3 aromatic carbocycles. The molecule has 4 rings (SSSR count). The summed E-state index contributed by atoms with van der Waals surface area (Å²) in [5, 5.41) is 2.45. The third-order valence-corrected chi connectivity index (χ3v) is 11.8. The highest BCUT2D eigenvalue weighted by atomic mass is 28.4. The summed E-state index contributed by atoms with van der Waals surface area (Å²) in [4.78, 5) is 0. The van der Waals surface area contributed by atoms with Gasteiger partial charge in [-0.2, -0.15) is 0 Å². The molecule has 4 nitrogen and oxygen atoms in total. The maximum absolute atomic E-state index is 7.14. The monoisotopic (exact) mass is 504 g/mol. The summed E-state index contributed by atoms with van der Waals surface area (Å²) in [7, 11) is -2.64. The van der Waals surface area contributed by atoms with Gasteiger partial charge in [0.25, 0.3) is 8.32 Å². The molecule has 0 aromatic heterocycles. The number of rotatable bonds is 10. The average Bonchev–Trinajstić information content (AvgIpc) is 3.16. The van der Waals surface area contributed by atoms with Crippen LogP contribution in [0.5, 0.6) is 0 Å². The minimum Gasteiger partial charge on any atom is -0.405 e. The summed E-state index contributed by atoms with van der Waals surface area (Å²) in [6.45, 7) is 12.5. The predicted octanol–water partition coefficient (Wildman–Crippen LogP) is 5.69. The molecule has 0 spiro atoms. The van der Waals surface area contributed by atoms with Crippen LogP contribution in [0.15, 0.2) is 91.0 Å². The van der Waals surface area contributed by atoms with E-state index in [2.05, 4.69) is 93.6 Å². The van der Waals surface area contributed by atoms with Gasteiger partial charge < -0.3 is 18.6 Å². The topological polar surface area (TPSA) is 36.9 Å². The molecule has 1 saturated heterocycles. The van der Waals surface area contributed by atoms with Crippen molar-refractivity contribution in [3.8, 4) is 0 Å². The normalized spacial score (nSPS) is 19.9. The summed E-state index contributed by atoms with van der Waals surface area (Å²) in [6.07, 6.45) is 0.501. The molecular weight excluding hydrogens is 464 g/mol. The standard InChI is InChI=1S/C31H40O4Si/c1-30(2,3)36(26-17-11-7-12-18-26,27-19-13-8-14-20-27)33-24-29-28(34-31(4,5)35-29)21-22-32-23-25-15-9-6-10-16-25/h6-20,28-29H,21-24H2,1-5H3. The molecule has 1 heterocycles. The molecule has 1 fully saturated rings. The lowest BCUT2D eigenvalue weighted by Crippen LogP contribution is -2.67. The van der Waals surface area contributed by atoms with E-state index in [-0.39, 0.29) is 17.2 Å². The molecule has 0 bridgehead atoms. The molecule has 0 radical (unpaired) electrons. The van der Waals surface area contributed by atoms with Crippen LogP contribution in [-0.4, -0.2) is 39.5 Å². The maximum Gasteiger partial charge on any atom is 0.261 e. The van der Waals surface area contributed by atoms with Crippen LogP contribution in [0, 0.1) is 0 Å². The molecule has 1 aliphatic heterocycles. The van der Waals surface area contributed by atoms with Crippen LogP contribution in [0.4, 0.5) is 0 Å². The van der Waals surface area contributed by atoms with Crippen molar-refractivity contribution < 1.29 is 18.6 Å². The Labute approximate surface area is 217 Å². The molecule has 0 N–H and O–H groups in total. The number of hydrogen-bond acceptors (Lipinski definition) is 4. The van der Waals surface area contributed by atoms with Crippen molar-refractivity contribution in [2.45, 2.75) is 70.7 Å². The van der Waals surface area contributed by atoms with E-state index in [1.54, 1.807) is 0 Å². The van der Waals surface area contributed by atoms with Crippen molar-refractivity contribution in [2.75, 3.05) is 13.2 Å². The fraction of sp³-hybridized carbons (Fsp3) is 0.419. The van der Waals surface area contributed by atoms with Crippen LogP contribution >= 0.6 is 0 Å². The quantitative estimate of drug-likeness (QED) is 0.263. The summed E-state index contributed by atoms with van der Waals surface area (Å²) in [5.74, 6) is -0.649. The first-order chi connectivity index (χ1) is 17.2. The molecule has 0 saturated carbocycles. The summed E-state index contributed by atoms with van der Waals surface area (Å²) >= 11 is 0. The Kier molecular flexibility index (Phi) is 8.48. The largest absolute Gasteiger partial charge is 0.405 e. The van der Waals surface area contributed by atoms with Crippen molar-refractivity contribution in [1.82, 2.24) is 0 Å². The average molecular weight is 505 g/mol. The van der Waals surface area contributed by atoms with Gasteiger partial charge in [-0.05, 0) is 41.2 Å². The van der Waals surface area contributed by atoms with Crippen LogP contribution in [0.2, 0.25) is 5.04 Å². The van der Waals surface area contributed by atoms with Gasteiger partial charge in [0.05, 0.1) is 19.3 Å². The first kappa shape index (κ1) is 26.8. The van der Waals surface area contributed by atoms with Crippen molar-refractivity contribution in [3.05, 3.63) is 96.6 Å². The molecule has 2 unspecified atom stereocenters. The lowest BCUT2D eigenvalue weighted by atomic mass is 10.1. The van der Waals surface area contributed by atoms with E-state index >= 15 is 0 Å². The van der Waals surface area contributed by atoms with E-state index < -0.39 is 14.1 Å². The van der Waals surface area contributed by atoms with Gasteiger partial charge in [0, 0.05) is 6.61 Å². The zero-order valence-electron chi connectivity index (χ0n) is 22.3. The zero-order valence-corrected chi connectivity index (χ0v) is 23.3. The SMILES string of the molecule is CC1(C)OC(CCOCc2ccccc2)C(CO[Si](c2ccccc2)(c2ccccc2)C(C)(C)C)O1. The fourth-order valence-electron chi connectivity index (χ4n) is 5.23. The second-order valence-electron chi connectivity index (χ2n) is 11.0. The van der Waals surface area contributed by atoms with E-state index in [1.807, 2.05) is 32.0 Å². The minimum absolute atomic E-state index is 0.0843. The molecule has 192 valence electrons. The fourth-order valence-corrected chi connectivity index (χ4v) is 9.80. The predicted molar refractivity (Wildman–Crippen MR) is 148 cm³/mol. The molecule has 2 atom stereocenters. The second kappa shape index (κ2) is 11.4. The van der Waals surface area contributed by atoms with E-state index in [1.165, 1.54) is 15.9 Å². The lowest BCUT2D eigenvalue weighted by molar-refractivity contribution is -0.149. The van der Waals surface area contributed by atoms with Gasteiger partial charge in [0.1, 0.15) is 6.10 Å². The Balaban J connectivity index is 1.52. The van der Waals surface area contributed by atoms with Crippen LogP contribution in [0.25, 0.3) is 0 Å². The summed E-state index contributed by atoms with van der Waals surface area (Å²) in [5.41, 5.74) is 1.17. The van der Waals surface area contributed by atoms with Gasteiger partial charge in [-0.25, -0.2) is 0 Å². The lowest BCUT2D eigenvalue weighted by Gasteiger charge is -2.43. The molecule has 0 amide bonds. The van der Waals surface area contributed by atoms with Gasteiger partial charge in [-0.1, -0.05) is 112 Å². The molecule has 36 heavy (non-hydrogen) atoms. The Morgan fingerprint density at radius 1 is 0.750 bits per heavy atom. The van der Waals surface area contributed by atoms with E-state index in [9.17, 15) is 0 Å². The van der Waals surface area contributed by atoms with Gasteiger partial charge in [-0.3, -0.25) is 0 Å². The first-order valence-corrected chi connectivity index (χ1v) is 14.8. The Morgan fingerprint density at radius 2 is 1.25 bits per heavy atom. The number of benzene rings is 3. The molecule has 3 aromatic rings. The Morgan fingerprint density at radius 3 is 1.78 bits per heavy atom. The number of ether oxygens (including phenoxy) is 3. The molecule has 1 aliphatic rings. The molecular formula is C31H40O4Si. The van der Waals surface area contributed by atoms with Gasteiger partial charge in [0.2, 0.25) is 0 Å². The van der Waals surface area contributed by atoms with Crippen LogP contribution < -0.4 is 10.4 Å². The highest BCUT2D eigenvalue weighted by Crippen LogP contribution is 2.38. The van der Waals surface area contributed by atoms with Crippen molar-refractivity contribution >= 4 is 18.7 Å². The highest BCUT2D eigenvalue weighted by Gasteiger charge is 2.51. The second-order valence-corrected chi connectivity index (χ2v) is 15.3. The van der Waals surface area contributed by atoms with Crippen molar-refractivity contribution in [3.63, 3.8) is 0 Å². The first-order valence-electron chi connectivity index (χ1n) is 12.9. The van der Waals surface area contributed by atoms with Crippen LogP contribution in [0.1, 0.15) is 46.6 Å². The zero-order chi connectivity index (χ0) is 25.7. The van der Waals surface area contributed by atoms with Crippen LogP contribution in [0.3, 0.4) is 0 Å². The van der Waals surface area contributed by atoms with E-state index in [4.69, 9.17) is 18.6 Å². The van der Waals surface area contributed by atoms with Crippen molar-refractivity contribution in [2.24, 2.45) is 0 Å². The van der Waals surface area contributed by atoms with E-state index in [0.717, 1.165) is 6.42 Å².